The molecule has 1 aromatic carbocycles. The first-order valence-electron chi connectivity index (χ1n) is 9.44. The summed E-state index contributed by atoms with van der Waals surface area (Å²) in [7, 11) is 0. The second kappa shape index (κ2) is 8.15. The maximum atomic E-state index is 4.94. The molecule has 0 saturated heterocycles. The van der Waals surface area contributed by atoms with Gasteiger partial charge in [0.25, 0.3) is 0 Å². The number of fused-ring (bicyclic) bond motifs is 1. The minimum atomic E-state index is -0.0403. The van der Waals surface area contributed by atoms with Crippen LogP contribution >= 0.6 is 0 Å². The van der Waals surface area contributed by atoms with Gasteiger partial charge in [0.15, 0.2) is 0 Å². The Morgan fingerprint density at radius 3 is 2.52 bits per heavy atom. The molecule has 1 spiro atoms. The number of benzene rings is 1. The first kappa shape index (κ1) is 17.5. The van der Waals surface area contributed by atoms with Crippen LogP contribution in [-0.2, 0) is 6.54 Å². The largest absolute Gasteiger partial charge is 0.371 e. The number of pyridine rings is 1. The predicted molar refractivity (Wildman–Crippen MR) is 106 cm³/mol. The van der Waals surface area contributed by atoms with Crippen LogP contribution in [0.3, 0.4) is 0 Å². The lowest BCUT2D eigenvalue weighted by atomic mass is 9.79. The molecule has 2 aliphatic rings. The van der Waals surface area contributed by atoms with Crippen LogP contribution in [0.25, 0.3) is 0 Å². The molecule has 0 atom stereocenters. The summed E-state index contributed by atoms with van der Waals surface area (Å²) in [6.45, 7) is 4.71. The van der Waals surface area contributed by atoms with Crippen molar-refractivity contribution in [3.63, 3.8) is 0 Å². The molecule has 0 amide bonds. The Bertz CT molecular complexity index is 703. The highest BCUT2D eigenvalue weighted by Crippen LogP contribution is 2.39. The highest BCUT2D eigenvalue weighted by atomic mass is 15.2. The van der Waals surface area contributed by atoms with Gasteiger partial charge < -0.3 is 10.6 Å². The zero-order valence-corrected chi connectivity index (χ0v) is 15.3. The minimum Gasteiger partial charge on any atom is -0.371 e. The van der Waals surface area contributed by atoms with Crippen molar-refractivity contribution in [1.29, 1.82) is 0 Å². The summed E-state index contributed by atoms with van der Waals surface area (Å²) >= 11 is 0. The summed E-state index contributed by atoms with van der Waals surface area (Å²) in [6.07, 6.45) is 9.80. The molecule has 2 heterocycles. The molecule has 1 aliphatic carbocycles. The number of nitrogens with one attached hydrogen (secondary N) is 2. The van der Waals surface area contributed by atoms with Gasteiger partial charge in [0.05, 0.1) is 29.7 Å². The van der Waals surface area contributed by atoms with Gasteiger partial charge in [0.2, 0.25) is 0 Å². The van der Waals surface area contributed by atoms with Crippen molar-refractivity contribution in [3.8, 4) is 0 Å². The van der Waals surface area contributed by atoms with Gasteiger partial charge >= 0.3 is 0 Å². The van der Waals surface area contributed by atoms with E-state index in [1.807, 2.05) is 38.4 Å². The number of aromatic nitrogens is 1. The molecule has 4 nitrogen and oxygen atoms in total. The molecule has 4 rings (SSSR count). The van der Waals surface area contributed by atoms with E-state index in [4.69, 9.17) is 4.99 Å². The molecule has 2 aromatic rings. The molecular weight excluding hydrogens is 308 g/mol. The number of nitrogens with zero attached hydrogens (tertiary/aromatic N) is 2. The van der Waals surface area contributed by atoms with Gasteiger partial charge in [-0.3, -0.25) is 9.98 Å². The average molecular weight is 336 g/mol. The maximum Gasteiger partial charge on any atom is 0.127 e. The third kappa shape index (κ3) is 3.84. The number of hydrogen-bond donors (Lipinski definition) is 2. The number of amidine groups is 1. The lowest BCUT2D eigenvalue weighted by Crippen LogP contribution is -2.53. The van der Waals surface area contributed by atoms with Gasteiger partial charge in [-0.05, 0) is 24.5 Å². The second-order valence-electron chi connectivity index (χ2n) is 6.46. The van der Waals surface area contributed by atoms with Crippen LogP contribution in [-0.4, -0.2) is 16.4 Å². The Morgan fingerprint density at radius 1 is 1.00 bits per heavy atom. The Morgan fingerprint density at radius 2 is 1.76 bits per heavy atom. The molecule has 1 aliphatic heterocycles. The zero-order valence-electron chi connectivity index (χ0n) is 15.3. The van der Waals surface area contributed by atoms with Gasteiger partial charge in [-0.2, -0.15) is 0 Å². The molecule has 132 valence electrons. The summed E-state index contributed by atoms with van der Waals surface area (Å²) in [5, 5.41) is 7.32. The fraction of sp³-hybridized carbons (Fsp3) is 0.429. The fourth-order valence-electron chi connectivity index (χ4n) is 3.63. The van der Waals surface area contributed by atoms with Crippen LogP contribution < -0.4 is 10.6 Å². The van der Waals surface area contributed by atoms with Crippen LogP contribution in [0, 0.1) is 0 Å². The minimum absolute atomic E-state index is 0.0403. The van der Waals surface area contributed by atoms with Gasteiger partial charge in [-0.15, -0.1) is 0 Å². The van der Waals surface area contributed by atoms with E-state index in [0.717, 1.165) is 30.1 Å². The normalized spacial score (nSPS) is 19.2. The van der Waals surface area contributed by atoms with Crippen molar-refractivity contribution in [1.82, 2.24) is 4.98 Å². The number of rotatable bonds is 2. The molecule has 4 heteroatoms. The van der Waals surface area contributed by atoms with Crippen molar-refractivity contribution < 1.29 is 0 Å². The molecule has 0 radical (unpaired) electrons. The highest BCUT2D eigenvalue weighted by Gasteiger charge is 2.40. The van der Waals surface area contributed by atoms with Crippen molar-refractivity contribution >= 4 is 17.2 Å². The summed E-state index contributed by atoms with van der Waals surface area (Å²) in [5.74, 6) is 1.07. The standard InChI is InChI=1S/C19H22N4.C2H6/c1-3-7-15(8-4-1)13-21-18-19(10-5-2-6-11-19)23-16-9-12-20-14-17(16)22-18;1-2/h1,3-4,7-9,12,14,23H,2,5-6,10-11,13H2,(H,21,22);1-2H3. The van der Waals surface area contributed by atoms with Gasteiger partial charge in [0.1, 0.15) is 5.84 Å². The predicted octanol–water partition coefficient (Wildman–Crippen LogP) is 5.25. The summed E-state index contributed by atoms with van der Waals surface area (Å²) in [6, 6.07) is 12.5. The Hall–Kier alpha value is -2.36. The van der Waals surface area contributed by atoms with Gasteiger partial charge in [-0.1, -0.05) is 63.4 Å². The molecule has 0 unspecified atom stereocenters. The number of anilines is 2. The summed E-state index contributed by atoms with van der Waals surface area (Å²) < 4.78 is 0. The van der Waals surface area contributed by atoms with E-state index >= 15 is 0 Å². The molecular formula is C21H28N4. The van der Waals surface area contributed by atoms with E-state index in [2.05, 4.69) is 39.9 Å². The summed E-state index contributed by atoms with van der Waals surface area (Å²) in [5.41, 5.74) is 3.36. The first-order valence-corrected chi connectivity index (χ1v) is 9.44. The second-order valence-corrected chi connectivity index (χ2v) is 6.46. The highest BCUT2D eigenvalue weighted by molar-refractivity contribution is 6.09. The van der Waals surface area contributed by atoms with Gasteiger partial charge in [-0.25, -0.2) is 0 Å². The number of aliphatic imine (C=N–C) groups is 1. The van der Waals surface area contributed by atoms with E-state index < -0.39 is 0 Å². The van der Waals surface area contributed by atoms with Crippen molar-refractivity contribution in [2.45, 2.75) is 58.0 Å². The molecule has 1 saturated carbocycles. The Kier molecular flexibility index (Phi) is 5.69. The summed E-state index contributed by atoms with van der Waals surface area (Å²) in [4.78, 5) is 9.17. The third-order valence-electron chi connectivity index (χ3n) is 4.87. The lowest BCUT2D eigenvalue weighted by molar-refractivity contribution is 0.402. The Labute approximate surface area is 150 Å². The van der Waals surface area contributed by atoms with Crippen molar-refractivity contribution in [3.05, 3.63) is 54.4 Å². The Balaban J connectivity index is 0.000000880. The van der Waals surface area contributed by atoms with Crippen LogP contribution in [0.5, 0.6) is 0 Å². The smallest absolute Gasteiger partial charge is 0.127 e. The molecule has 25 heavy (non-hydrogen) atoms. The monoisotopic (exact) mass is 336 g/mol. The first-order chi connectivity index (χ1) is 12.4. The van der Waals surface area contributed by atoms with Crippen molar-refractivity contribution in [2.75, 3.05) is 10.6 Å². The van der Waals surface area contributed by atoms with Gasteiger partial charge in [0, 0.05) is 6.20 Å². The van der Waals surface area contributed by atoms with Crippen LogP contribution in [0.15, 0.2) is 53.8 Å². The maximum absolute atomic E-state index is 4.94. The van der Waals surface area contributed by atoms with Crippen LogP contribution in [0.1, 0.15) is 51.5 Å². The molecule has 0 bridgehead atoms. The van der Waals surface area contributed by atoms with Crippen LogP contribution in [0.2, 0.25) is 0 Å². The van der Waals surface area contributed by atoms with E-state index in [1.165, 1.54) is 24.8 Å². The topological polar surface area (TPSA) is 49.3 Å². The number of hydrogen-bond acceptors (Lipinski definition) is 3. The van der Waals surface area contributed by atoms with E-state index in [0.29, 0.717) is 6.54 Å². The van der Waals surface area contributed by atoms with Crippen LogP contribution in [0.4, 0.5) is 11.4 Å². The van der Waals surface area contributed by atoms with Crippen molar-refractivity contribution in [2.24, 2.45) is 4.99 Å². The van der Waals surface area contributed by atoms with E-state index in [-0.39, 0.29) is 5.54 Å². The molecule has 2 N–H and O–H groups in total. The lowest BCUT2D eigenvalue weighted by Gasteiger charge is -2.43. The third-order valence-corrected chi connectivity index (χ3v) is 4.87. The van der Waals surface area contributed by atoms with E-state index in [1.54, 1.807) is 0 Å². The SMILES string of the molecule is CC.c1ccc(CN=C2Nc3cnccc3NC23CCCCC3)cc1. The average Bonchev–Trinajstić information content (AvgIpc) is 2.69. The molecule has 1 fully saturated rings. The molecule has 1 aromatic heterocycles. The zero-order chi connectivity index (χ0) is 17.5. The quantitative estimate of drug-likeness (QED) is 0.788. The fourth-order valence-corrected chi connectivity index (χ4v) is 3.63. The van der Waals surface area contributed by atoms with E-state index in [9.17, 15) is 0 Å².